The third-order valence-corrected chi connectivity index (χ3v) is 4.69. The van der Waals surface area contributed by atoms with E-state index in [0.717, 1.165) is 31.7 Å². The number of nitrogens with one attached hydrogen (secondary N) is 1. The number of phenolic OH excluding ortho intramolecular Hbond substituents is 1. The molecule has 2 N–H and O–H groups in total. The smallest absolute Gasteiger partial charge is 0.131 e. The highest BCUT2D eigenvalue weighted by atomic mass is 19.1. The average Bonchev–Trinajstić information content (AvgIpc) is 2.97. The number of nitrogens with zero attached hydrogens (tertiary/aromatic N) is 1. The molecule has 2 aliphatic rings. The molecule has 0 unspecified atom stereocenters. The minimum Gasteiger partial charge on any atom is -0.508 e. The molecule has 4 heteroatoms. The standard InChI is InChI=1S/C16H23FN2O/c17-15-11-13(20)5-6-14(15)16(12-3-1-2-4-12)19-9-7-18-8-10-19/h5-6,11-12,16,18,20H,1-4,7-10H2/t16-/m1/s1. The van der Waals surface area contributed by atoms with E-state index in [0.29, 0.717) is 5.92 Å². The summed E-state index contributed by atoms with van der Waals surface area (Å²) in [5.41, 5.74) is 0.761. The largest absolute Gasteiger partial charge is 0.508 e. The first-order valence-corrected chi connectivity index (χ1v) is 7.69. The van der Waals surface area contributed by atoms with Gasteiger partial charge in [-0.1, -0.05) is 18.9 Å². The highest BCUT2D eigenvalue weighted by molar-refractivity contribution is 5.30. The predicted molar refractivity (Wildman–Crippen MR) is 77.2 cm³/mol. The van der Waals surface area contributed by atoms with Gasteiger partial charge in [0.2, 0.25) is 0 Å². The number of phenols is 1. The quantitative estimate of drug-likeness (QED) is 0.892. The molecule has 1 saturated carbocycles. The summed E-state index contributed by atoms with van der Waals surface area (Å²) >= 11 is 0. The second-order valence-corrected chi connectivity index (χ2v) is 5.98. The fraction of sp³-hybridized carbons (Fsp3) is 0.625. The molecule has 1 saturated heterocycles. The van der Waals surface area contributed by atoms with Gasteiger partial charge in [-0.2, -0.15) is 0 Å². The van der Waals surface area contributed by atoms with E-state index in [2.05, 4.69) is 10.2 Å². The van der Waals surface area contributed by atoms with Crippen LogP contribution in [0.1, 0.15) is 37.3 Å². The van der Waals surface area contributed by atoms with Crippen LogP contribution in [0, 0.1) is 11.7 Å². The lowest BCUT2D eigenvalue weighted by Crippen LogP contribution is -2.46. The van der Waals surface area contributed by atoms with E-state index in [1.54, 1.807) is 12.1 Å². The molecular weight excluding hydrogens is 255 g/mol. The highest BCUT2D eigenvalue weighted by Gasteiger charge is 2.33. The normalized spacial score (nSPS) is 23.1. The molecule has 2 fully saturated rings. The highest BCUT2D eigenvalue weighted by Crippen LogP contribution is 2.40. The Hall–Kier alpha value is -1.13. The van der Waals surface area contributed by atoms with Crippen molar-refractivity contribution in [3.05, 3.63) is 29.6 Å². The van der Waals surface area contributed by atoms with E-state index in [-0.39, 0.29) is 17.6 Å². The van der Waals surface area contributed by atoms with Gasteiger partial charge in [0.25, 0.3) is 0 Å². The molecule has 0 aromatic heterocycles. The lowest BCUT2D eigenvalue weighted by molar-refractivity contribution is 0.122. The van der Waals surface area contributed by atoms with Gasteiger partial charge in [-0.25, -0.2) is 4.39 Å². The molecule has 1 aromatic rings. The van der Waals surface area contributed by atoms with Gasteiger partial charge >= 0.3 is 0 Å². The van der Waals surface area contributed by atoms with Gasteiger partial charge in [0, 0.05) is 43.9 Å². The molecule has 110 valence electrons. The number of aromatic hydroxyl groups is 1. The Morgan fingerprint density at radius 2 is 1.90 bits per heavy atom. The lowest BCUT2D eigenvalue weighted by atomic mass is 9.89. The van der Waals surface area contributed by atoms with Crippen molar-refractivity contribution in [3.63, 3.8) is 0 Å². The molecule has 0 bridgehead atoms. The summed E-state index contributed by atoms with van der Waals surface area (Å²) < 4.78 is 14.3. The Balaban J connectivity index is 1.90. The maximum Gasteiger partial charge on any atom is 0.131 e. The summed E-state index contributed by atoms with van der Waals surface area (Å²) in [6.45, 7) is 3.90. The van der Waals surface area contributed by atoms with Crippen molar-refractivity contribution in [2.24, 2.45) is 5.92 Å². The Bertz CT molecular complexity index is 454. The van der Waals surface area contributed by atoms with E-state index in [1.165, 1.54) is 31.7 Å². The van der Waals surface area contributed by atoms with Gasteiger partial charge in [-0.15, -0.1) is 0 Å². The van der Waals surface area contributed by atoms with Crippen LogP contribution in [0.2, 0.25) is 0 Å². The number of hydrogen-bond donors (Lipinski definition) is 2. The lowest BCUT2D eigenvalue weighted by Gasteiger charge is -2.38. The number of rotatable bonds is 3. The minimum absolute atomic E-state index is 0.0109. The van der Waals surface area contributed by atoms with Gasteiger partial charge in [0.1, 0.15) is 11.6 Å². The SMILES string of the molecule is Oc1ccc([C@@H](C2CCCC2)N2CCNCC2)c(F)c1. The molecule has 20 heavy (non-hydrogen) atoms. The van der Waals surface area contributed by atoms with Crippen LogP contribution in [0.4, 0.5) is 4.39 Å². The van der Waals surface area contributed by atoms with Gasteiger partial charge in [-0.3, -0.25) is 4.90 Å². The van der Waals surface area contributed by atoms with Crippen LogP contribution in [0.15, 0.2) is 18.2 Å². The van der Waals surface area contributed by atoms with Crippen molar-refractivity contribution in [1.29, 1.82) is 0 Å². The number of benzene rings is 1. The van der Waals surface area contributed by atoms with E-state index >= 15 is 0 Å². The Morgan fingerprint density at radius 3 is 2.55 bits per heavy atom. The molecule has 1 heterocycles. The van der Waals surface area contributed by atoms with E-state index in [9.17, 15) is 9.50 Å². The Labute approximate surface area is 119 Å². The first-order valence-electron chi connectivity index (χ1n) is 7.69. The third kappa shape index (κ3) is 2.81. The van der Waals surface area contributed by atoms with Gasteiger partial charge in [0.05, 0.1) is 0 Å². The van der Waals surface area contributed by atoms with E-state index < -0.39 is 0 Å². The summed E-state index contributed by atoms with van der Waals surface area (Å²) in [6, 6.07) is 4.80. The van der Waals surface area contributed by atoms with Crippen molar-refractivity contribution in [1.82, 2.24) is 10.2 Å². The predicted octanol–water partition coefficient (Wildman–Crippen LogP) is 2.67. The molecule has 3 nitrogen and oxygen atoms in total. The van der Waals surface area contributed by atoms with Crippen LogP contribution in [0.3, 0.4) is 0 Å². The molecule has 1 aliphatic heterocycles. The number of halogens is 1. The Morgan fingerprint density at radius 1 is 1.20 bits per heavy atom. The Kier molecular flexibility index (Phi) is 4.22. The van der Waals surface area contributed by atoms with Crippen molar-refractivity contribution in [2.45, 2.75) is 31.7 Å². The first kappa shape index (κ1) is 13.8. The zero-order valence-corrected chi connectivity index (χ0v) is 11.8. The number of hydrogen-bond acceptors (Lipinski definition) is 3. The molecule has 0 radical (unpaired) electrons. The van der Waals surface area contributed by atoms with Gasteiger partial charge in [0.15, 0.2) is 0 Å². The summed E-state index contributed by atoms with van der Waals surface area (Å²) in [4.78, 5) is 2.42. The van der Waals surface area contributed by atoms with Gasteiger partial charge < -0.3 is 10.4 Å². The molecule has 1 atom stereocenters. The van der Waals surface area contributed by atoms with Gasteiger partial charge in [-0.05, 0) is 24.8 Å². The fourth-order valence-electron chi connectivity index (χ4n) is 3.74. The summed E-state index contributed by atoms with van der Waals surface area (Å²) in [6.07, 6.45) is 4.89. The topological polar surface area (TPSA) is 35.5 Å². The molecule has 1 aromatic carbocycles. The molecule has 3 rings (SSSR count). The third-order valence-electron chi connectivity index (χ3n) is 4.69. The zero-order valence-electron chi connectivity index (χ0n) is 11.8. The molecule has 0 amide bonds. The second-order valence-electron chi connectivity index (χ2n) is 5.98. The molecule has 1 aliphatic carbocycles. The molecular formula is C16H23FN2O. The number of piperazine rings is 1. The van der Waals surface area contributed by atoms with E-state index in [4.69, 9.17) is 0 Å². The van der Waals surface area contributed by atoms with Crippen LogP contribution in [-0.2, 0) is 0 Å². The van der Waals surface area contributed by atoms with Crippen molar-refractivity contribution in [2.75, 3.05) is 26.2 Å². The summed E-state index contributed by atoms with van der Waals surface area (Å²) in [5.74, 6) is 0.296. The van der Waals surface area contributed by atoms with Crippen LogP contribution in [-0.4, -0.2) is 36.2 Å². The maximum atomic E-state index is 14.3. The first-order chi connectivity index (χ1) is 9.75. The average molecular weight is 278 g/mol. The summed E-state index contributed by atoms with van der Waals surface area (Å²) in [5, 5.41) is 12.8. The van der Waals surface area contributed by atoms with E-state index in [1.807, 2.05) is 0 Å². The zero-order chi connectivity index (χ0) is 13.9. The monoisotopic (exact) mass is 278 g/mol. The van der Waals surface area contributed by atoms with Crippen LogP contribution in [0.25, 0.3) is 0 Å². The maximum absolute atomic E-state index is 14.3. The van der Waals surface area contributed by atoms with Crippen molar-refractivity contribution >= 4 is 0 Å². The van der Waals surface area contributed by atoms with Crippen LogP contribution >= 0.6 is 0 Å². The van der Waals surface area contributed by atoms with Crippen LogP contribution < -0.4 is 5.32 Å². The minimum atomic E-state index is -0.263. The second kappa shape index (κ2) is 6.10. The van der Waals surface area contributed by atoms with Crippen molar-refractivity contribution < 1.29 is 9.50 Å². The van der Waals surface area contributed by atoms with Crippen LogP contribution in [0.5, 0.6) is 5.75 Å². The fourth-order valence-corrected chi connectivity index (χ4v) is 3.74. The summed E-state index contributed by atoms with van der Waals surface area (Å²) in [7, 11) is 0. The molecule has 0 spiro atoms. The van der Waals surface area contributed by atoms with Crippen molar-refractivity contribution in [3.8, 4) is 5.75 Å².